The molecule has 0 saturated heterocycles. The third-order valence-corrected chi connectivity index (χ3v) is 2.70. The van der Waals surface area contributed by atoms with Crippen LogP contribution in [0.25, 0.3) is 11.3 Å². The Balaban J connectivity index is 2.45. The van der Waals surface area contributed by atoms with Gasteiger partial charge in [-0.3, -0.25) is 4.98 Å². The Labute approximate surface area is 98.0 Å². The largest absolute Gasteiger partial charge is 0.256 e. The zero-order valence-corrected chi connectivity index (χ0v) is 10.1. The van der Waals surface area contributed by atoms with Crippen molar-refractivity contribution in [3.05, 3.63) is 54.2 Å². The molecule has 0 aliphatic carbocycles. The minimum atomic E-state index is 0.173. The van der Waals surface area contributed by atoms with E-state index in [1.807, 2.05) is 24.4 Å². The van der Waals surface area contributed by atoms with E-state index in [4.69, 9.17) is 0 Å². The molecule has 80 valence electrons. The first-order valence-electron chi connectivity index (χ1n) is 5.59. The van der Waals surface area contributed by atoms with Crippen LogP contribution in [-0.2, 0) is 5.31 Å². The van der Waals surface area contributed by atoms with E-state index in [-0.39, 0.29) is 5.31 Å². The number of rotatable bonds is 2. The molecule has 0 fully saturated rings. The Kier molecular flexibility index (Phi) is 2.82. The van der Waals surface area contributed by atoms with Crippen LogP contribution in [0.2, 0.25) is 0 Å². The van der Waals surface area contributed by atoms with Gasteiger partial charge < -0.3 is 0 Å². The monoisotopic (exact) mass is 209 g/mol. The molecule has 0 bridgehead atoms. The van der Waals surface area contributed by atoms with E-state index in [1.165, 1.54) is 11.1 Å². The summed E-state index contributed by atoms with van der Waals surface area (Å²) >= 11 is 0. The van der Waals surface area contributed by atoms with Crippen molar-refractivity contribution in [2.24, 2.45) is 0 Å². The molecule has 0 N–H and O–H groups in total. The Morgan fingerprint density at radius 3 is 2.38 bits per heavy atom. The molecule has 1 aromatic heterocycles. The topological polar surface area (TPSA) is 12.9 Å². The van der Waals surface area contributed by atoms with Gasteiger partial charge in [-0.2, -0.15) is 0 Å². The normalized spacial score (nSPS) is 11.4. The van der Waals surface area contributed by atoms with Gasteiger partial charge in [0.1, 0.15) is 7.85 Å². The summed E-state index contributed by atoms with van der Waals surface area (Å²) in [5.41, 5.74) is 3.54. The SMILES string of the molecule is BC(C)(C)c1ccnc(-c2ccccc2)c1. The fourth-order valence-corrected chi connectivity index (χ4v) is 1.66. The molecule has 0 aliphatic rings. The highest BCUT2D eigenvalue weighted by molar-refractivity contribution is 6.15. The van der Waals surface area contributed by atoms with E-state index in [0.29, 0.717) is 0 Å². The van der Waals surface area contributed by atoms with Gasteiger partial charge in [0.2, 0.25) is 0 Å². The lowest BCUT2D eigenvalue weighted by Crippen LogP contribution is -2.16. The molecule has 1 heterocycles. The van der Waals surface area contributed by atoms with Gasteiger partial charge >= 0.3 is 0 Å². The molecular formula is C14H16BN. The first-order valence-corrected chi connectivity index (χ1v) is 5.59. The van der Waals surface area contributed by atoms with Crippen LogP contribution in [0, 0.1) is 0 Å². The third-order valence-electron chi connectivity index (χ3n) is 2.70. The number of hydrogen-bond acceptors (Lipinski definition) is 1. The molecule has 2 heteroatoms. The maximum absolute atomic E-state index is 4.42. The second-order valence-electron chi connectivity index (χ2n) is 5.05. The molecule has 0 saturated carbocycles. The molecule has 16 heavy (non-hydrogen) atoms. The van der Waals surface area contributed by atoms with Crippen LogP contribution in [0.5, 0.6) is 0 Å². The van der Waals surface area contributed by atoms with Gasteiger partial charge in [-0.1, -0.05) is 44.2 Å². The first kappa shape index (κ1) is 10.9. The average Bonchev–Trinajstić information content (AvgIpc) is 2.29. The van der Waals surface area contributed by atoms with Crippen LogP contribution >= 0.6 is 0 Å². The van der Waals surface area contributed by atoms with Crippen molar-refractivity contribution >= 4 is 7.85 Å². The number of pyridine rings is 1. The van der Waals surface area contributed by atoms with Crippen molar-refractivity contribution in [1.29, 1.82) is 0 Å². The standard InChI is InChI=1S/C14H16BN/c1-14(2,15)12-8-9-16-13(10-12)11-6-4-3-5-7-11/h3-10H,15H2,1-2H3. The lowest BCUT2D eigenvalue weighted by molar-refractivity contribution is 0.762. The van der Waals surface area contributed by atoms with Gasteiger partial charge in [0, 0.05) is 11.8 Å². The summed E-state index contributed by atoms with van der Waals surface area (Å²) in [4.78, 5) is 4.42. The van der Waals surface area contributed by atoms with E-state index in [1.54, 1.807) is 0 Å². The minimum absolute atomic E-state index is 0.173. The summed E-state index contributed by atoms with van der Waals surface area (Å²) in [6.45, 7) is 4.44. The van der Waals surface area contributed by atoms with Gasteiger partial charge in [-0.25, -0.2) is 0 Å². The summed E-state index contributed by atoms with van der Waals surface area (Å²) in [6, 6.07) is 14.6. The van der Waals surface area contributed by atoms with Crippen LogP contribution in [0.3, 0.4) is 0 Å². The van der Waals surface area contributed by atoms with Crippen molar-refractivity contribution in [3.63, 3.8) is 0 Å². The summed E-state index contributed by atoms with van der Waals surface area (Å²) in [5.74, 6) is 0. The molecule has 2 rings (SSSR count). The van der Waals surface area contributed by atoms with Crippen molar-refractivity contribution in [2.75, 3.05) is 0 Å². The quantitative estimate of drug-likeness (QED) is 0.693. The third kappa shape index (κ3) is 2.33. The zero-order chi connectivity index (χ0) is 11.6. The predicted octanol–water partition coefficient (Wildman–Crippen LogP) is 2.62. The van der Waals surface area contributed by atoms with E-state index < -0.39 is 0 Å². The number of nitrogens with zero attached hydrogens (tertiary/aromatic N) is 1. The lowest BCUT2D eigenvalue weighted by Gasteiger charge is -2.19. The molecule has 1 nitrogen and oxygen atoms in total. The Morgan fingerprint density at radius 2 is 1.75 bits per heavy atom. The van der Waals surface area contributed by atoms with Crippen LogP contribution in [0.1, 0.15) is 19.4 Å². The second-order valence-corrected chi connectivity index (χ2v) is 5.05. The molecular weight excluding hydrogens is 193 g/mol. The molecule has 0 aliphatic heterocycles. The molecule has 0 amide bonds. The van der Waals surface area contributed by atoms with Crippen LogP contribution < -0.4 is 0 Å². The Morgan fingerprint density at radius 1 is 1.06 bits per heavy atom. The molecule has 0 atom stereocenters. The number of aromatic nitrogens is 1. The summed E-state index contributed by atoms with van der Waals surface area (Å²) in [7, 11) is 2.22. The minimum Gasteiger partial charge on any atom is -0.256 e. The van der Waals surface area contributed by atoms with Crippen LogP contribution in [-0.4, -0.2) is 12.8 Å². The highest BCUT2D eigenvalue weighted by atomic mass is 14.7. The molecule has 2 aromatic rings. The summed E-state index contributed by atoms with van der Waals surface area (Å²) in [6.07, 6.45) is 1.89. The summed E-state index contributed by atoms with van der Waals surface area (Å²) < 4.78 is 0. The maximum Gasteiger partial charge on any atom is 0.114 e. The first-order chi connectivity index (χ1) is 7.57. The molecule has 1 aromatic carbocycles. The maximum atomic E-state index is 4.42. The Hall–Kier alpha value is -1.57. The van der Waals surface area contributed by atoms with Gasteiger partial charge in [0.25, 0.3) is 0 Å². The van der Waals surface area contributed by atoms with E-state index >= 15 is 0 Å². The fourth-order valence-electron chi connectivity index (χ4n) is 1.66. The highest BCUT2D eigenvalue weighted by Gasteiger charge is 2.14. The number of hydrogen-bond donors (Lipinski definition) is 0. The van der Waals surface area contributed by atoms with Crippen LogP contribution in [0.4, 0.5) is 0 Å². The van der Waals surface area contributed by atoms with Crippen molar-refractivity contribution in [3.8, 4) is 11.3 Å². The number of benzene rings is 1. The smallest absolute Gasteiger partial charge is 0.114 e. The average molecular weight is 209 g/mol. The van der Waals surface area contributed by atoms with Gasteiger partial charge in [0.05, 0.1) is 5.69 Å². The van der Waals surface area contributed by atoms with E-state index in [2.05, 4.69) is 50.9 Å². The lowest BCUT2D eigenvalue weighted by atomic mass is 9.67. The van der Waals surface area contributed by atoms with Gasteiger partial charge in [-0.15, -0.1) is 0 Å². The van der Waals surface area contributed by atoms with Crippen molar-refractivity contribution < 1.29 is 0 Å². The molecule has 0 spiro atoms. The predicted molar refractivity (Wildman–Crippen MR) is 71.2 cm³/mol. The Bertz CT molecular complexity index is 472. The van der Waals surface area contributed by atoms with Crippen LogP contribution in [0.15, 0.2) is 48.7 Å². The summed E-state index contributed by atoms with van der Waals surface area (Å²) in [5, 5.41) is 0.173. The zero-order valence-electron chi connectivity index (χ0n) is 10.1. The van der Waals surface area contributed by atoms with E-state index in [9.17, 15) is 0 Å². The van der Waals surface area contributed by atoms with Crippen molar-refractivity contribution in [2.45, 2.75) is 19.2 Å². The second kappa shape index (κ2) is 4.13. The van der Waals surface area contributed by atoms with E-state index in [0.717, 1.165) is 5.69 Å². The molecule has 0 radical (unpaired) electrons. The fraction of sp³-hybridized carbons (Fsp3) is 0.214. The van der Waals surface area contributed by atoms with Gasteiger partial charge in [0.15, 0.2) is 0 Å². The van der Waals surface area contributed by atoms with Gasteiger partial charge in [-0.05, 0) is 23.0 Å². The highest BCUT2D eigenvalue weighted by Crippen LogP contribution is 2.23. The van der Waals surface area contributed by atoms with Crippen molar-refractivity contribution in [1.82, 2.24) is 4.98 Å². The molecule has 0 unspecified atom stereocenters.